The monoisotopic (exact) mass is 385 g/mol. The highest BCUT2D eigenvalue weighted by Gasteiger charge is 2.20. The summed E-state index contributed by atoms with van der Waals surface area (Å²) < 4.78 is 19.9. The molecule has 8 nitrogen and oxygen atoms in total. The summed E-state index contributed by atoms with van der Waals surface area (Å²) in [5.41, 5.74) is 2.04. The number of carbonyl (C=O) groups excluding carboxylic acids is 2. The van der Waals surface area contributed by atoms with Gasteiger partial charge in [0.1, 0.15) is 17.6 Å². The van der Waals surface area contributed by atoms with Gasteiger partial charge in [0.05, 0.1) is 5.69 Å². The van der Waals surface area contributed by atoms with E-state index in [0.29, 0.717) is 17.0 Å². The molecule has 1 aromatic carbocycles. The molecule has 0 bridgehead atoms. The molecule has 0 saturated carbocycles. The van der Waals surface area contributed by atoms with E-state index >= 15 is 0 Å². The van der Waals surface area contributed by atoms with Gasteiger partial charge >= 0.3 is 0 Å². The Labute approximate surface area is 160 Å². The number of carbonyl (C=O) groups is 2. The van der Waals surface area contributed by atoms with Gasteiger partial charge in [0.25, 0.3) is 5.91 Å². The minimum Gasteiger partial charge on any atom is -0.360 e. The predicted molar refractivity (Wildman–Crippen MR) is 100 cm³/mol. The van der Waals surface area contributed by atoms with Crippen LogP contribution in [-0.2, 0) is 11.8 Å². The second-order valence-corrected chi connectivity index (χ2v) is 6.51. The fourth-order valence-electron chi connectivity index (χ4n) is 2.65. The van der Waals surface area contributed by atoms with Gasteiger partial charge in [-0.2, -0.15) is 5.10 Å². The molecule has 1 atom stereocenters. The lowest BCUT2D eigenvalue weighted by molar-refractivity contribution is -0.117. The molecule has 0 fully saturated rings. The third-order valence-corrected chi connectivity index (χ3v) is 4.19. The minimum absolute atomic E-state index is 0.149. The number of aryl methyl sites for hydroxylation is 3. The standard InChI is InChI=1S/C19H20FN5O3/c1-10-7-13(5-6-14(10)20)16-9-15(23-25(16)4)19(27)21-12(3)18(26)22-17-8-11(2)28-24-17/h5-9,12H,1-4H3,(H,21,27)(H,22,24,26)/t12-/m0/s1. The van der Waals surface area contributed by atoms with Crippen molar-refractivity contribution in [3.8, 4) is 11.3 Å². The molecule has 0 radical (unpaired) electrons. The third kappa shape index (κ3) is 4.08. The molecule has 2 amide bonds. The molecular formula is C19H20FN5O3. The highest BCUT2D eigenvalue weighted by atomic mass is 19.1. The summed E-state index contributed by atoms with van der Waals surface area (Å²) in [5, 5.41) is 13.0. The number of aromatic nitrogens is 3. The van der Waals surface area contributed by atoms with Crippen molar-refractivity contribution in [2.45, 2.75) is 26.8 Å². The van der Waals surface area contributed by atoms with Crippen molar-refractivity contribution in [2.24, 2.45) is 7.05 Å². The fourth-order valence-corrected chi connectivity index (χ4v) is 2.65. The average molecular weight is 385 g/mol. The zero-order chi connectivity index (χ0) is 20.4. The number of amides is 2. The zero-order valence-corrected chi connectivity index (χ0v) is 15.9. The maximum Gasteiger partial charge on any atom is 0.272 e. The van der Waals surface area contributed by atoms with Crippen molar-refractivity contribution >= 4 is 17.6 Å². The van der Waals surface area contributed by atoms with Crippen LogP contribution < -0.4 is 10.6 Å². The number of halogens is 1. The molecule has 9 heteroatoms. The smallest absolute Gasteiger partial charge is 0.272 e. The van der Waals surface area contributed by atoms with Crippen molar-refractivity contribution in [2.75, 3.05) is 5.32 Å². The molecule has 3 aromatic rings. The topological polar surface area (TPSA) is 102 Å². The molecule has 2 N–H and O–H groups in total. The lowest BCUT2D eigenvalue weighted by atomic mass is 10.1. The first-order valence-electron chi connectivity index (χ1n) is 8.60. The summed E-state index contributed by atoms with van der Waals surface area (Å²) in [4.78, 5) is 24.7. The van der Waals surface area contributed by atoms with Gasteiger partial charge in [-0.15, -0.1) is 0 Å². The lowest BCUT2D eigenvalue weighted by Gasteiger charge is -2.11. The molecular weight excluding hydrogens is 365 g/mol. The quantitative estimate of drug-likeness (QED) is 0.703. The lowest BCUT2D eigenvalue weighted by Crippen LogP contribution is -2.41. The van der Waals surface area contributed by atoms with Gasteiger partial charge in [-0.25, -0.2) is 4.39 Å². The van der Waals surface area contributed by atoms with Gasteiger partial charge < -0.3 is 15.2 Å². The fraction of sp³-hybridized carbons (Fsp3) is 0.263. The Bertz CT molecular complexity index is 1040. The van der Waals surface area contributed by atoms with Crippen molar-refractivity contribution in [3.63, 3.8) is 0 Å². The number of anilines is 1. The Morgan fingerprint density at radius 3 is 2.61 bits per heavy atom. The van der Waals surface area contributed by atoms with E-state index in [0.717, 1.165) is 5.56 Å². The largest absolute Gasteiger partial charge is 0.360 e. The van der Waals surface area contributed by atoms with E-state index in [1.807, 2.05) is 0 Å². The second-order valence-electron chi connectivity index (χ2n) is 6.51. The number of nitrogens with zero attached hydrogens (tertiary/aromatic N) is 3. The first-order chi connectivity index (χ1) is 13.2. The van der Waals surface area contributed by atoms with Crippen LogP contribution in [0.1, 0.15) is 28.7 Å². The van der Waals surface area contributed by atoms with Crippen LogP contribution in [0.4, 0.5) is 10.2 Å². The molecule has 146 valence electrons. The van der Waals surface area contributed by atoms with Crippen LogP contribution in [-0.4, -0.2) is 32.8 Å². The minimum atomic E-state index is -0.817. The molecule has 0 aliphatic rings. The Balaban J connectivity index is 1.70. The number of hydrogen-bond acceptors (Lipinski definition) is 5. The highest BCUT2D eigenvalue weighted by molar-refractivity contribution is 6.00. The predicted octanol–water partition coefficient (Wildman–Crippen LogP) is 2.59. The van der Waals surface area contributed by atoms with Crippen molar-refractivity contribution in [3.05, 3.63) is 53.2 Å². The van der Waals surface area contributed by atoms with E-state index in [9.17, 15) is 14.0 Å². The van der Waals surface area contributed by atoms with Gasteiger partial charge in [0.15, 0.2) is 11.5 Å². The van der Waals surface area contributed by atoms with Crippen LogP contribution in [0.25, 0.3) is 11.3 Å². The number of benzene rings is 1. The van der Waals surface area contributed by atoms with Crippen molar-refractivity contribution in [1.82, 2.24) is 20.3 Å². The maximum atomic E-state index is 13.5. The first kappa shape index (κ1) is 19.3. The second kappa shape index (κ2) is 7.63. The normalized spacial score (nSPS) is 11.9. The van der Waals surface area contributed by atoms with Crippen LogP contribution >= 0.6 is 0 Å². The van der Waals surface area contributed by atoms with Crippen LogP contribution in [0.15, 0.2) is 34.9 Å². The molecule has 0 unspecified atom stereocenters. The van der Waals surface area contributed by atoms with Crippen molar-refractivity contribution < 1.29 is 18.5 Å². The van der Waals surface area contributed by atoms with Gasteiger partial charge in [0, 0.05) is 18.7 Å². The SMILES string of the molecule is Cc1cc(NC(=O)[C@H](C)NC(=O)c2cc(-c3ccc(F)c(C)c3)n(C)n2)no1. The molecule has 2 aromatic heterocycles. The highest BCUT2D eigenvalue weighted by Crippen LogP contribution is 2.22. The van der Waals surface area contributed by atoms with E-state index in [1.54, 1.807) is 52.1 Å². The van der Waals surface area contributed by atoms with E-state index in [1.165, 1.54) is 10.7 Å². The van der Waals surface area contributed by atoms with Gasteiger partial charge in [-0.3, -0.25) is 14.3 Å². The average Bonchev–Trinajstić information content (AvgIpc) is 3.23. The first-order valence-corrected chi connectivity index (χ1v) is 8.60. The summed E-state index contributed by atoms with van der Waals surface area (Å²) >= 11 is 0. The number of nitrogens with one attached hydrogen (secondary N) is 2. The molecule has 0 spiro atoms. The molecule has 0 aliphatic carbocycles. The van der Waals surface area contributed by atoms with Crippen molar-refractivity contribution in [1.29, 1.82) is 0 Å². The van der Waals surface area contributed by atoms with E-state index < -0.39 is 17.9 Å². The molecule has 3 rings (SSSR count). The summed E-state index contributed by atoms with van der Waals surface area (Å²) in [6, 6.07) is 7.02. The van der Waals surface area contributed by atoms with Gasteiger partial charge in [0.2, 0.25) is 5.91 Å². The van der Waals surface area contributed by atoms with Gasteiger partial charge in [-0.1, -0.05) is 5.16 Å². The van der Waals surface area contributed by atoms with E-state index in [-0.39, 0.29) is 17.3 Å². The van der Waals surface area contributed by atoms with E-state index in [4.69, 9.17) is 4.52 Å². The van der Waals surface area contributed by atoms with Crippen LogP contribution in [0.5, 0.6) is 0 Å². The molecule has 0 aliphatic heterocycles. The summed E-state index contributed by atoms with van der Waals surface area (Å²) in [6.45, 7) is 4.92. The van der Waals surface area contributed by atoms with Crippen LogP contribution in [0, 0.1) is 19.7 Å². The summed E-state index contributed by atoms with van der Waals surface area (Å²) in [7, 11) is 1.69. The Hall–Kier alpha value is -3.49. The molecule has 0 saturated heterocycles. The Kier molecular flexibility index (Phi) is 5.25. The maximum absolute atomic E-state index is 13.5. The molecule has 28 heavy (non-hydrogen) atoms. The van der Waals surface area contributed by atoms with Crippen LogP contribution in [0.2, 0.25) is 0 Å². The summed E-state index contributed by atoms with van der Waals surface area (Å²) in [5.74, 6) is -0.405. The van der Waals surface area contributed by atoms with Crippen LogP contribution in [0.3, 0.4) is 0 Å². The van der Waals surface area contributed by atoms with E-state index in [2.05, 4.69) is 20.9 Å². The molecule has 2 heterocycles. The third-order valence-electron chi connectivity index (χ3n) is 4.19. The number of rotatable bonds is 5. The Morgan fingerprint density at radius 1 is 1.21 bits per heavy atom. The Morgan fingerprint density at radius 2 is 1.96 bits per heavy atom. The summed E-state index contributed by atoms with van der Waals surface area (Å²) in [6.07, 6.45) is 0. The van der Waals surface area contributed by atoms with Gasteiger partial charge in [-0.05, 0) is 50.6 Å². The number of hydrogen-bond donors (Lipinski definition) is 2. The zero-order valence-electron chi connectivity index (χ0n) is 15.9.